The number of para-hydroxylation sites is 1. The number of aliphatic hydroxyl groups excluding tert-OH is 1. The smallest absolute Gasteiger partial charge is 0.234 e. The predicted molar refractivity (Wildman–Crippen MR) is 68.6 cm³/mol. The molecule has 1 aliphatic rings. The van der Waals surface area contributed by atoms with Gasteiger partial charge in [-0.15, -0.1) is 0 Å². The first-order valence-electron chi connectivity index (χ1n) is 6.28. The molecule has 1 atom stereocenters. The zero-order valence-corrected chi connectivity index (χ0v) is 10.8. The molecule has 1 N–H and O–H groups in total. The number of rotatable bonds is 4. The molecule has 2 rings (SSSR count). The van der Waals surface area contributed by atoms with Gasteiger partial charge >= 0.3 is 0 Å². The molecule has 0 bridgehead atoms. The Labute approximate surface area is 107 Å². The average Bonchev–Trinajstić information content (AvgIpc) is 2.78. The lowest BCUT2D eigenvalue weighted by Crippen LogP contribution is -2.42. The monoisotopic (exact) mass is 249 g/mol. The van der Waals surface area contributed by atoms with Crippen LogP contribution in [0.4, 0.5) is 0 Å². The third-order valence-electron chi connectivity index (χ3n) is 3.25. The van der Waals surface area contributed by atoms with Crippen LogP contribution in [0.5, 0.6) is 5.75 Å². The highest BCUT2D eigenvalue weighted by atomic mass is 16.5. The molecule has 0 saturated carbocycles. The van der Waals surface area contributed by atoms with Gasteiger partial charge in [-0.1, -0.05) is 18.2 Å². The van der Waals surface area contributed by atoms with E-state index in [1.54, 1.807) is 4.90 Å². The summed E-state index contributed by atoms with van der Waals surface area (Å²) >= 11 is 0. The van der Waals surface area contributed by atoms with Crippen molar-refractivity contribution < 1.29 is 14.6 Å². The molecule has 0 fully saturated rings. The number of hydrogen-bond donors (Lipinski definition) is 1. The summed E-state index contributed by atoms with van der Waals surface area (Å²) < 4.78 is 5.53. The molecule has 4 heteroatoms. The van der Waals surface area contributed by atoms with Gasteiger partial charge in [0.25, 0.3) is 0 Å². The van der Waals surface area contributed by atoms with Gasteiger partial charge in [-0.2, -0.15) is 0 Å². The lowest BCUT2D eigenvalue weighted by atomic mass is 9.99. The van der Waals surface area contributed by atoms with Crippen molar-refractivity contribution in [2.24, 2.45) is 0 Å². The second-order valence-corrected chi connectivity index (χ2v) is 4.75. The lowest BCUT2D eigenvalue weighted by molar-refractivity contribution is -0.135. The van der Waals surface area contributed by atoms with Crippen LogP contribution in [0.2, 0.25) is 0 Å². The van der Waals surface area contributed by atoms with E-state index >= 15 is 0 Å². The highest BCUT2D eigenvalue weighted by molar-refractivity contribution is 5.85. The van der Waals surface area contributed by atoms with Crippen molar-refractivity contribution in [3.05, 3.63) is 29.8 Å². The Morgan fingerprint density at radius 1 is 1.50 bits per heavy atom. The van der Waals surface area contributed by atoms with Crippen LogP contribution in [-0.2, 0) is 4.79 Å². The van der Waals surface area contributed by atoms with E-state index in [1.165, 1.54) is 0 Å². The fourth-order valence-corrected chi connectivity index (χ4v) is 2.30. The van der Waals surface area contributed by atoms with Crippen LogP contribution in [0.25, 0.3) is 0 Å². The summed E-state index contributed by atoms with van der Waals surface area (Å²) in [4.78, 5) is 14.2. The number of hydrogen-bond acceptors (Lipinski definition) is 3. The molecule has 0 aliphatic carbocycles. The minimum absolute atomic E-state index is 0.0147. The van der Waals surface area contributed by atoms with E-state index in [4.69, 9.17) is 9.84 Å². The van der Waals surface area contributed by atoms with Crippen LogP contribution >= 0.6 is 0 Å². The first-order chi connectivity index (χ1) is 8.65. The normalized spacial score (nSPS) is 17.4. The van der Waals surface area contributed by atoms with Gasteiger partial charge < -0.3 is 14.7 Å². The standard InChI is InChI=1S/C14H19NO3/c1-10(2)15(7-8-16)14(17)12-9-18-13-6-4-3-5-11(12)13/h3-6,10,12,16H,7-9H2,1-2H3. The number of ether oxygens (including phenoxy) is 1. The summed E-state index contributed by atoms with van der Waals surface area (Å²) in [5, 5.41) is 9.05. The van der Waals surface area contributed by atoms with Crippen molar-refractivity contribution in [1.29, 1.82) is 0 Å². The van der Waals surface area contributed by atoms with Crippen LogP contribution < -0.4 is 4.74 Å². The maximum absolute atomic E-state index is 12.5. The molecule has 0 aromatic heterocycles. The van der Waals surface area contributed by atoms with Gasteiger partial charge in [0.15, 0.2) is 0 Å². The topological polar surface area (TPSA) is 49.8 Å². The summed E-state index contributed by atoms with van der Waals surface area (Å²) in [7, 11) is 0. The molecule has 1 unspecified atom stereocenters. The second kappa shape index (κ2) is 5.40. The zero-order valence-electron chi connectivity index (χ0n) is 10.8. The van der Waals surface area contributed by atoms with E-state index in [1.807, 2.05) is 38.1 Å². The number of amides is 1. The van der Waals surface area contributed by atoms with Gasteiger partial charge in [0.05, 0.1) is 6.61 Å². The van der Waals surface area contributed by atoms with Crippen molar-refractivity contribution in [2.75, 3.05) is 19.8 Å². The summed E-state index contributed by atoms with van der Waals surface area (Å²) in [6.45, 7) is 4.66. The maximum Gasteiger partial charge on any atom is 0.234 e. The Kier molecular flexibility index (Phi) is 3.87. The van der Waals surface area contributed by atoms with Gasteiger partial charge in [-0.05, 0) is 19.9 Å². The fourth-order valence-electron chi connectivity index (χ4n) is 2.30. The van der Waals surface area contributed by atoms with E-state index in [0.29, 0.717) is 13.2 Å². The lowest BCUT2D eigenvalue weighted by Gasteiger charge is -2.28. The Balaban J connectivity index is 2.20. The molecular weight excluding hydrogens is 230 g/mol. The third-order valence-corrected chi connectivity index (χ3v) is 3.25. The highest BCUT2D eigenvalue weighted by Gasteiger charge is 2.33. The zero-order chi connectivity index (χ0) is 13.1. The minimum Gasteiger partial charge on any atom is -0.492 e. The molecule has 1 aromatic rings. The molecule has 98 valence electrons. The van der Waals surface area contributed by atoms with Gasteiger partial charge in [-0.25, -0.2) is 0 Å². The molecule has 1 heterocycles. The van der Waals surface area contributed by atoms with Crippen molar-refractivity contribution >= 4 is 5.91 Å². The number of nitrogens with zero attached hydrogens (tertiary/aromatic N) is 1. The maximum atomic E-state index is 12.5. The summed E-state index contributed by atoms with van der Waals surface area (Å²) in [5.74, 6) is 0.586. The van der Waals surface area contributed by atoms with Crippen LogP contribution in [0.3, 0.4) is 0 Å². The molecule has 4 nitrogen and oxygen atoms in total. The van der Waals surface area contributed by atoms with Gasteiger partial charge in [0, 0.05) is 18.2 Å². The number of carbonyl (C=O) groups excluding carboxylic acids is 1. The quantitative estimate of drug-likeness (QED) is 0.877. The second-order valence-electron chi connectivity index (χ2n) is 4.75. The molecule has 18 heavy (non-hydrogen) atoms. The fraction of sp³-hybridized carbons (Fsp3) is 0.500. The van der Waals surface area contributed by atoms with Crippen molar-refractivity contribution in [1.82, 2.24) is 4.90 Å². The number of fused-ring (bicyclic) bond motifs is 1. The van der Waals surface area contributed by atoms with E-state index in [9.17, 15) is 4.79 Å². The van der Waals surface area contributed by atoms with E-state index < -0.39 is 0 Å². The van der Waals surface area contributed by atoms with Gasteiger partial charge in [0.1, 0.15) is 18.3 Å². The SMILES string of the molecule is CC(C)N(CCO)C(=O)C1COc2ccccc21. The summed E-state index contributed by atoms with van der Waals surface area (Å²) in [5.41, 5.74) is 0.950. The Bertz CT molecular complexity index is 431. The number of aliphatic hydroxyl groups is 1. The highest BCUT2D eigenvalue weighted by Crippen LogP contribution is 2.34. The summed E-state index contributed by atoms with van der Waals surface area (Å²) in [6, 6.07) is 7.72. The van der Waals surface area contributed by atoms with Crippen molar-refractivity contribution in [2.45, 2.75) is 25.8 Å². The van der Waals surface area contributed by atoms with E-state index in [2.05, 4.69) is 0 Å². The van der Waals surface area contributed by atoms with Crippen LogP contribution in [0, 0.1) is 0 Å². The van der Waals surface area contributed by atoms with Crippen LogP contribution in [-0.4, -0.2) is 41.7 Å². The molecule has 1 amide bonds. The van der Waals surface area contributed by atoms with Crippen LogP contribution in [0.1, 0.15) is 25.3 Å². The van der Waals surface area contributed by atoms with Crippen LogP contribution in [0.15, 0.2) is 24.3 Å². The van der Waals surface area contributed by atoms with E-state index in [-0.39, 0.29) is 24.5 Å². The first-order valence-corrected chi connectivity index (χ1v) is 6.28. The Morgan fingerprint density at radius 3 is 2.89 bits per heavy atom. The molecular formula is C14H19NO3. The van der Waals surface area contributed by atoms with Gasteiger partial charge in [0.2, 0.25) is 5.91 Å². The number of carbonyl (C=O) groups is 1. The van der Waals surface area contributed by atoms with Gasteiger partial charge in [-0.3, -0.25) is 4.79 Å². The van der Waals surface area contributed by atoms with Crippen molar-refractivity contribution in [3.63, 3.8) is 0 Å². The molecule has 0 radical (unpaired) electrons. The molecule has 0 saturated heterocycles. The Morgan fingerprint density at radius 2 is 2.22 bits per heavy atom. The largest absolute Gasteiger partial charge is 0.492 e. The summed E-state index contributed by atoms with van der Waals surface area (Å²) in [6.07, 6.45) is 0. The van der Waals surface area contributed by atoms with Crippen molar-refractivity contribution in [3.8, 4) is 5.75 Å². The Hall–Kier alpha value is -1.55. The van der Waals surface area contributed by atoms with E-state index in [0.717, 1.165) is 11.3 Å². The molecule has 0 spiro atoms. The predicted octanol–water partition coefficient (Wildman–Crippen LogP) is 1.39. The molecule has 1 aromatic carbocycles. The molecule has 1 aliphatic heterocycles. The minimum atomic E-state index is -0.241. The third kappa shape index (κ3) is 2.34. The average molecular weight is 249 g/mol. The number of benzene rings is 1. The first kappa shape index (κ1) is 12.9.